The molecule has 0 bridgehead atoms. The topological polar surface area (TPSA) is 41.6 Å². The molecular formula is C6H9IN2O2. The molecule has 0 aliphatic carbocycles. The molecule has 1 atom stereocenters. The SMILES string of the molecule is O=C1NCC2(CCN(I)C2)O1. The second kappa shape index (κ2) is 2.48. The smallest absolute Gasteiger partial charge is 0.407 e. The van der Waals surface area contributed by atoms with Crippen LogP contribution in [0.4, 0.5) is 4.79 Å². The first-order valence-corrected chi connectivity index (χ1v) is 4.54. The number of amides is 1. The molecule has 0 saturated carbocycles. The van der Waals surface area contributed by atoms with Gasteiger partial charge in [0.05, 0.1) is 13.1 Å². The van der Waals surface area contributed by atoms with Crippen LogP contribution in [0.25, 0.3) is 0 Å². The van der Waals surface area contributed by atoms with Crippen LogP contribution in [0.3, 0.4) is 0 Å². The van der Waals surface area contributed by atoms with E-state index in [0.29, 0.717) is 6.54 Å². The molecule has 0 aromatic rings. The van der Waals surface area contributed by atoms with Gasteiger partial charge in [-0.2, -0.15) is 0 Å². The maximum absolute atomic E-state index is 10.8. The summed E-state index contributed by atoms with van der Waals surface area (Å²) >= 11 is 2.25. The molecule has 2 fully saturated rings. The summed E-state index contributed by atoms with van der Waals surface area (Å²) in [7, 11) is 0. The predicted molar refractivity (Wildman–Crippen MR) is 47.4 cm³/mol. The van der Waals surface area contributed by atoms with Crippen molar-refractivity contribution in [3.05, 3.63) is 0 Å². The Balaban J connectivity index is 2.07. The van der Waals surface area contributed by atoms with Crippen LogP contribution < -0.4 is 5.32 Å². The van der Waals surface area contributed by atoms with Crippen LogP contribution >= 0.6 is 22.9 Å². The Morgan fingerprint density at radius 3 is 3.00 bits per heavy atom. The lowest BCUT2D eigenvalue weighted by Gasteiger charge is -2.18. The molecule has 11 heavy (non-hydrogen) atoms. The molecule has 2 aliphatic rings. The molecule has 0 radical (unpaired) electrons. The first kappa shape index (κ1) is 7.60. The predicted octanol–water partition coefficient (Wildman–Crippen LogP) is 0.521. The van der Waals surface area contributed by atoms with Gasteiger partial charge in [-0.3, -0.25) is 0 Å². The van der Waals surface area contributed by atoms with Crippen LogP contribution in [0, 0.1) is 0 Å². The molecular weight excluding hydrogens is 259 g/mol. The third-order valence-corrected chi connectivity index (χ3v) is 2.96. The molecule has 2 rings (SSSR count). The lowest BCUT2D eigenvalue weighted by Crippen LogP contribution is -2.34. The van der Waals surface area contributed by atoms with Gasteiger partial charge in [0, 0.05) is 35.8 Å². The van der Waals surface area contributed by atoms with E-state index in [1.165, 1.54) is 0 Å². The fourth-order valence-electron chi connectivity index (χ4n) is 1.53. The van der Waals surface area contributed by atoms with E-state index in [1.807, 2.05) is 0 Å². The molecule has 1 unspecified atom stereocenters. The van der Waals surface area contributed by atoms with Crippen molar-refractivity contribution in [2.75, 3.05) is 19.6 Å². The molecule has 1 spiro atoms. The van der Waals surface area contributed by atoms with Gasteiger partial charge in [-0.15, -0.1) is 0 Å². The summed E-state index contributed by atoms with van der Waals surface area (Å²) in [6, 6.07) is 0. The molecule has 2 saturated heterocycles. The van der Waals surface area contributed by atoms with Gasteiger partial charge < -0.3 is 10.1 Å². The molecule has 2 heterocycles. The number of alkyl carbamates (subject to hydrolysis) is 1. The number of rotatable bonds is 0. The fraction of sp³-hybridized carbons (Fsp3) is 0.833. The number of halogens is 1. The van der Waals surface area contributed by atoms with Gasteiger partial charge in [0.25, 0.3) is 0 Å². The Morgan fingerprint density at radius 1 is 1.73 bits per heavy atom. The normalized spacial score (nSPS) is 37.7. The van der Waals surface area contributed by atoms with Gasteiger partial charge in [-0.25, -0.2) is 7.91 Å². The Morgan fingerprint density at radius 2 is 2.55 bits per heavy atom. The van der Waals surface area contributed by atoms with Crippen LogP contribution in [0.5, 0.6) is 0 Å². The van der Waals surface area contributed by atoms with Gasteiger partial charge in [-0.1, -0.05) is 0 Å². The van der Waals surface area contributed by atoms with Gasteiger partial charge in [0.15, 0.2) is 0 Å². The quantitative estimate of drug-likeness (QED) is 0.514. The van der Waals surface area contributed by atoms with Crippen LogP contribution in [-0.2, 0) is 4.74 Å². The molecule has 5 heteroatoms. The number of nitrogens with one attached hydrogen (secondary N) is 1. The van der Waals surface area contributed by atoms with Crippen LogP contribution in [0.2, 0.25) is 0 Å². The maximum atomic E-state index is 10.8. The minimum atomic E-state index is -0.267. The minimum Gasteiger partial charge on any atom is -0.440 e. The zero-order valence-corrected chi connectivity index (χ0v) is 8.13. The highest BCUT2D eigenvalue weighted by Gasteiger charge is 2.45. The summed E-state index contributed by atoms with van der Waals surface area (Å²) in [4.78, 5) is 10.8. The Bertz CT molecular complexity index is 199. The number of hydrogen-bond donors (Lipinski definition) is 1. The monoisotopic (exact) mass is 268 g/mol. The lowest BCUT2D eigenvalue weighted by atomic mass is 10.1. The van der Waals surface area contributed by atoms with Crippen molar-refractivity contribution in [3.63, 3.8) is 0 Å². The van der Waals surface area contributed by atoms with Crippen LogP contribution in [0.1, 0.15) is 6.42 Å². The van der Waals surface area contributed by atoms with Crippen molar-refractivity contribution >= 4 is 29.0 Å². The Kier molecular flexibility index (Phi) is 1.71. The molecule has 0 aromatic heterocycles. The van der Waals surface area contributed by atoms with Gasteiger partial charge >= 0.3 is 6.09 Å². The second-order valence-corrected chi connectivity index (χ2v) is 4.38. The van der Waals surface area contributed by atoms with E-state index in [9.17, 15) is 4.79 Å². The number of carbonyl (C=O) groups is 1. The second-order valence-electron chi connectivity index (χ2n) is 3.02. The van der Waals surface area contributed by atoms with Crippen molar-refractivity contribution in [2.45, 2.75) is 12.0 Å². The van der Waals surface area contributed by atoms with E-state index >= 15 is 0 Å². The third-order valence-electron chi connectivity index (χ3n) is 2.13. The molecule has 0 aromatic carbocycles. The minimum absolute atomic E-state index is 0.210. The highest BCUT2D eigenvalue weighted by atomic mass is 127. The standard InChI is InChI=1S/C6H9IN2O2/c7-9-2-1-6(4-9)3-8-5(10)11-6/h1-4H2,(H,8,10). The third kappa shape index (κ3) is 1.31. The van der Waals surface area contributed by atoms with E-state index in [1.54, 1.807) is 0 Å². The summed E-state index contributed by atoms with van der Waals surface area (Å²) in [6.07, 6.45) is 0.686. The maximum Gasteiger partial charge on any atom is 0.407 e. The Hall–Kier alpha value is -0.0400. The summed E-state index contributed by atoms with van der Waals surface area (Å²) in [5.41, 5.74) is -0.210. The summed E-state index contributed by atoms with van der Waals surface area (Å²) in [6.45, 7) is 2.53. The molecule has 2 aliphatic heterocycles. The van der Waals surface area contributed by atoms with E-state index in [2.05, 4.69) is 31.3 Å². The van der Waals surface area contributed by atoms with Gasteiger partial charge in [0.1, 0.15) is 5.60 Å². The van der Waals surface area contributed by atoms with Crippen LogP contribution in [0.15, 0.2) is 0 Å². The van der Waals surface area contributed by atoms with E-state index in [4.69, 9.17) is 4.74 Å². The van der Waals surface area contributed by atoms with E-state index in [-0.39, 0.29) is 11.7 Å². The first-order valence-electron chi connectivity index (χ1n) is 3.58. The fourth-order valence-corrected chi connectivity index (χ4v) is 2.39. The number of carbonyl (C=O) groups excluding carboxylic acids is 1. The van der Waals surface area contributed by atoms with E-state index < -0.39 is 0 Å². The number of nitrogens with zero attached hydrogens (tertiary/aromatic N) is 1. The van der Waals surface area contributed by atoms with Gasteiger partial charge in [-0.05, 0) is 0 Å². The van der Waals surface area contributed by atoms with Crippen molar-refractivity contribution < 1.29 is 9.53 Å². The molecule has 4 nitrogen and oxygen atoms in total. The summed E-state index contributed by atoms with van der Waals surface area (Å²) < 4.78 is 7.33. The van der Waals surface area contributed by atoms with Crippen molar-refractivity contribution in [1.29, 1.82) is 0 Å². The van der Waals surface area contributed by atoms with E-state index in [0.717, 1.165) is 19.5 Å². The average Bonchev–Trinajstić information content (AvgIpc) is 2.44. The Labute approximate surface area is 78.8 Å². The van der Waals surface area contributed by atoms with Crippen molar-refractivity contribution in [1.82, 2.24) is 8.43 Å². The molecule has 1 amide bonds. The summed E-state index contributed by atoms with van der Waals surface area (Å²) in [5.74, 6) is 0. The largest absolute Gasteiger partial charge is 0.440 e. The average molecular weight is 268 g/mol. The van der Waals surface area contributed by atoms with Gasteiger partial charge in [0.2, 0.25) is 0 Å². The highest BCUT2D eigenvalue weighted by Crippen LogP contribution is 2.29. The highest BCUT2D eigenvalue weighted by molar-refractivity contribution is 14.1. The van der Waals surface area contributed by atoms with Crippen LogP contribution in [-0.4, -0.2) is 34.4 Å². The molecule has 1 N–H and O–H groups in total. The number of ether oxygens (including phenoxy) is 1. The van der Waals surface area contributed by atoms with Crippen molar-refractivity contribution in [3.8, 4) is 0 Å². The molecule has 62 valence electrons. The van der Waals surface area contributed by atoms with Crippen molar-refractivity contribution in [2.24, 2.45) is 0 Å². The number of hydrogen-bond acceptors (Lipinski definition) is 3. The zero-order valence-electron chi connectivity index (χ0n) is 5.97. The first-order chi connectivity index (χ1) is 5.20. The zero-order chi connectivity index (χ0) is 7.90. The lowest BCUT2D eigenvalue weighted by molar-refractivity contribution is 0.0704. The summed E-state index contributed by atoms with van der Waals surface area (Å²) in [5, 5.41) is 2.68.